The van der Waals surface area contributed by atoms with Gasteiger partial charge in [0.2, 0.25) is 0 Å². The maximum Gasteiger partial charge on any atom is 0.0541 e. The average molecular weight is 563 g/mol. The van der Waals surface area contributed by atoms with E-state index in [-0.39, 0.29) is 0 Å². The van der Waals surface area contributed by atoms with Crippen LogP contribution in [0.25, 0.3) is 82.7 Å². The molecule has 0 aliphatic heterocycles. The van der Waals surface area contributed by atoms with Gasteiger partial charge in [0.1, 0.15) is 0 Å². The van der Waals surface area contributed by atoms with Gasteiger partial charge < -0.3 is 9.55 Å². The summed E-state index contributed by atoms with van der Waals surface area (Å²) in [4.78, 5) is 12.4. The summed E-state index contributed by atoms with van der Waals surface area (Å²) in [5.74, 6) is 0. The molecule has 0 atom stereocenters. The van der Waals surface area contributed by atoms with Gasteiger partial charge in [0.05, 0.1) is 11.0 Å². The second-order valence-corrected chi connectivity index (χ2v) is 11.3. The summed E-state index contributed by atoms with van der Waals surface area (Å²) in [7, 11) is 0. The standard InChI is InChI=1S/C40H26N4/c1-3-11-37-33(9-1)35-22-26(13-15-38(35)43-37)27-14-16-40-36(23-27)34-10-2-4-12-39(34)44(40)32-20-30(28-7-5-17-41-24-28)19-31(21-32)29-8-6-18-42-25-29/h1-25,43H. The summed E-state index contributed by atoms with van der Waals surface area (Å²) in [6.07, 6.45) is 7.48. The van der Waals surface area contributed by atoms with Crippen LogP contribution < -0.4 is 0 Å². The molecular weight excluding hydrogens is 536 g/mol. The van der Waals surface area contributed by atoms with E-state index in [9.17, 15) is 0 Å². The molecule has 0 radical (unpaired) electrons. The summed E-state index contributed by atoms with van der Waals surface area (Å²) >= 11 is 0. The van der Waals surface area contributed by atoms with Crippen LogP contribution in [0.4, 0.5) is 0 Å². The predicted molar refractivity (Wildman–Crippen MR) is 182 cm³/mol. The van der Waals surface area contributed by atoms with Crippen molar-refractivity contribution in [2.24, 2.45) is 0 Å². The first-order valence-electron chi connectivity index (χ1n) is 14.8. The zero-order valence-electron chi connectivity index (χ0n) is 23.8. The van der Waals surface area contributed by atoms with E-state index in [1.165, 1.54) is 43.7 Å². The Morgan fingerprint density at radius 2 is 1.02 bits per heavy atom. The first-order valence-corrected chi connectivity index (χ1v) is 14.8. The number of fused-ring (bicyclic) bond motifs is 6. The Morgan fingerprint density at radius 1 is 0.409 bits per heavy atom. The molecule has 0 fully saturated rings. The topological polar surface area (TPSA) is 46.5 Å². The minimum atomic E-state index is 1.08. The number of aromatic amines is 1. The lowest BCUT2D eigenvalue weighted by molar-refractivity contribution is 1.18. The molecule has 0 saturated heterocycles. The molecule has 0 spiro atoms. The van der Waals surface area contributed by atoms with E-state index in [4.69, 9.17) is 0 Å². The summed E-state index contributed by atoms with van der Waals surface area (Å²) in [6, 6.07) is 45.8. The van der Waals surface area contributed by atoms with Crippen molar-refractivity contribution in [1.29, 1.82) is 0 Å². The highest BCUT2D eigenvalue weighted by Crippen LogP contribution is 2.38. The highest BCUT2D eigenvalue weighted by molar-refractivity contribution is 6.12. The van der Waals surface area contributed by atoms with Crippen LogP contribution in [0.5, 0.6) is 0 Å². The maximum atomic E-state index is 4.41. The second kappa shape index (κ2) is 9.79. The van der Waals surface area contributed by atoms with E-state index in [0.29, 0.717) is 0 Å². The van der Waals surface area contributed by atoms with Crippen molar-refractivity contribution < 1.29 is 0 Å². The van der Waals surface area contributed by atoms with Crippen molar-refractivity contribution in [2.75, 3.05) is 0 Å². The fourth-order valence-electron chi connectivity index (χ4n) is 6.60. The number of aromatic nitrogens is 4. The van der Waals surface area contributed by atoms with Crippen LogP contribution in [0.3, 0.4) is 0 Å². The predicted octanol–water partition coefficient (Wildman–Crippen LogP) is 10.2. The first kappa shape index (κ1) is 24.6. The van der Waals surface area contributed by atoms with Crippen LogP contribution in [0.1, 0.15) is 0 Å². The van der Waals surface area contributed by atoms with Crippen molar-refractivity contribution >= 4 is 43.6 Å². The number of benzene rings is 5. The Hall–Kier alpha value is -6.00. The van der Waals surface area contributed by atoms with Gasteiger partial charge in [-0.1, -0.05) is 60.7 Å². The Kier molecular flexibility index (Phi) is 5.47. The van der Waals surface area contributed by atoms with Gasteiger partial charge in [-0.2, -0.15) is 0 Å². The third-order valence-electron chi connectivity index (χ3n) is 8.68. The minimum absolute atomic E-state index is 1.08. The number of pyridine rings is 2. The second-order valence-electron chi connectivity index (χ2n) is 11.3. The lowest BCUT2D eigenvalue weighted by Crippen LogP contribution is -1.96. The Balaban J connectivity index is 1.27. The van der Waals surface area contributed by atoms with E-state index < -0.39 is 0 Å². The van der Waals surface area contributed by atoms with Crippen molar-refractivity contribution in [2.45, 2.75) is 0 Å². The largest absolute Gasteiger partial charge is 0.355 e. The molecule has 0 aliphatic carbocycles. The third-order valence-corrected chi connectivity index (χ3v) is 8.68. The van der Waals surface area contributed by atoms with E-state index >= 15 is 0 Å². The normalized spacial score (nSPS) is 11.6. The van der Waals surface area contributed by atoms with Crippen LogP contribution >= 0.6 is 0 Å². The number of para-hydroxylation sites is 2. The zero-order chi connectivity index (χ0) is 29.0. The fourth-order valence-corrected chi connectivity index (χ4v) is 6.60. The van der Waals surface area contributed by atoms with Crippen molar-refractivity contribution in [3.8, 4) is 39.1 Å². The SMILES string of the molecule is c1cncc(-c2cc(-c3cccnc3)cc(-n3c4ccccc4c4cc(-c5ccc6[nH]c7ccccc7c6c5)ccc43)c2)c1. The molecule has 1 N–H and O–H groups in total. The molecule has 9 aromatic rings. The van der Waals surface area contributed by atoms with E-state index in [0.717, 1.165) is 39.0 Å². The van der Waals surface area contributed by atoms with Crippen molar-refractivity contribution in [3.05, 3.63) is 152 Å². The van der Waals surface area contributed by atoms with Crippen LogP contribution in [0.2, 0.25) is 0 Å². The summed E-state index contributed by atoms with van der Waals surface area (Å²) in [6.45, 7) is 0. The first-order chi connectivity index (χ1) is 21.8. The van der Waals surface area contributed by atoms with Crippen molar-refractivity contribution in [3.63, 3.8) is 0 Å². The number of hydrogen-bond acceptors (Lipinski definition) is 2. The zero-order valence-corrected chi connectivity index (χ0v) is 23.8. The fraction of sp³-hybridized carbons (Fsp3) is 0. The molecule has 0 saturated carbocycles. The average Bonchev–Trinajstić information content (AvgIpc) is 3.64. The molecule has 5 aromatic carbocycles. The molecule has 9 rings (SSSR count). The van der Waals surface area contributed by atoms with Crippen LogP contribution in [0.15, 0.2) is 152 Å². The molecule has 206 valence electrons. The molecule has 0 bridgehead atoms. The number of hydrogen-bond donors (Lipinski definition) is 1. The monoisotopic (exact) mass is 562 g/mol. The Bertz CT molecular complexity index is 2430. The number of nitrogens with one attached hydrogen (secondary N) is 1. The van der Waals surface area contributed by atoms with Crippen LogP contribution in [-0.2, 0) is 0 Å². The Labute approximate surface area is 253 Å². The van der Waals surface area contributed by atoms with Gasteiger partial charge in [0.15, 0.2) is 0 Å². The highest BCUT2D eigenvalue weighted by Gasteiger charge is 2.16. The summed E-state index contributed by atoms with van der Waals surface area (Å²) < 4.78 is 2.39. The van der Waals surface area contributed by atoms with Gasteiger partial charge in [0, 0.05) is 74.2 Å². The summed E-state index contributed by atoms with van der Waals surface area (Å²) in [5, 5.41) is 4.95. The highest BCUT2D eigenvalue weighted by atomic mass is 15.0. The van der Waals surface area contributed by atoms with Crippen LogP contribution in [0, 0.1) is 0 Å². The van der Waals surface area contributed by atoms with Gasteiger partial charge in [-0.15, -0.1) is 0 Å². The molecule has 44 heavy (non-hydrogen) atoms. The van der Waals surface area contributed by atoms with E-state index in [1.807, 2.05) is 36.9 Å². The molecule has 4 heterocycles. The molecule has 4 nitrogen and oxygen atoms in total. The Morgan fingerprint density at radius 3 is 1.75 bits per heavy atom. The van der Waals surface area contributed by atoms with Crippen LogP contribution in [-0.4, -0.2) is 19.5 Å². The molecular formula is C40H26N4. The molecule has 0 unspecified atom stereocenters. The van der Waals surface area contributed by atoms with Gasteiger partial charge in [-0.3, -0.25) is 9.97 Å². The molecule has 4 heteroatoms. The lowest BCUT2D eigenvalue weighted by atomic mass is 9.99. The van der Waals surface area contributed by atoms with E-state index in [2.05, 4.69) is 135 Å². The number of nitrogens with zero attached hydrogens (tertiary/aromatic N) is 3. The van der Waals surface area contributed by atoms with E-state index in [1.54, 1.807) is 0 Å². The van der Waals surface area contributed by atoms with Gasteiger partial charge in [-0.05, 0) is 89.0 Å². The van der Waals surface area contributed by atoms with Gasteiger partial charge in [-0.25, -0.2) is 0 Å². The number of H-pyrrole nitrogens is 1. The lowest BCUT2D eigenvalue weighted by Gasteiger charge is -2.14. The number of rotatable bonds is 4. The smallest absolute Gasteiger partial charge is 0.0541 e. The summed E-state index contributed by atoms with van der Waals surface area (Å²) in [5.41, 5.74) is 12.6. The quantitative estimate of drug-likeness (QED) is 0.232. The minimum Gasteiger partial charge on any atom is -0.355 e. The molecule has 4 aromatic heterocycles. The van der Waals surface area contributed by atoms with Gasteiger partial charge >= 0.3 is 0 Å². The molecule has 0 amide bonds. The maximum absolute atomic E-state index is 4.41. The van der Waals surface area contributed by atoms with Gasteiger partial charge in [0.25, 0.3) is 0 Å². The molecule has 0 aliphatic rings. The third kappa shape index (κ3) is 3.92. The van der Waals surface area contributed by atoms with Crippen molar-refractivity contribution in [1.82, 2.24) is 19.5 Å².